The van der Waals surface area contributed by atoms with Gasteiger partial charge in [-0.3, -0.25) is 0 Å². The second kappa shape index (κ2) is 6.83. The summed E-state index contributed by atoms with van der Waals surface area (Å²) < 4.78 is 44.9. The number of hydrogen-bond acceptors (Lipinski definition) is 2. The molecule has 2 nitrogen and oxygen atoms in total. The first kappa shape index (κ1) is 16.4. The largest absolute Gasteiger partial charge is 0.493 e. The number of para-hydroxylation sites is 1. The molecule has 0 spiro atoms. The van der Waals surface area contributed by atoms with Gasteiger partial charge >= 0.3 is 6.18 Å². The summed E-state index contributed by atoms with van der Waals surface area (Å²) in [4.78, 5) is 0. The molecule has 0 heterocycles. The van der Waals surface area contributed by atoms with Gasteiger partial charge in [-0.2, -0.15) is 13.2 Å². The van der Waals surface area contributed by atoms with Crippen molar-refractivity contribution < 1.29 is 17.9 Å². The van der Waals surface area contributed by atoms with E-state index in [0.717, 1.165) is 11.6 Å². The maximum atomic E-state index is 13.1. The molecule has 0 aliphatic rings. The number of nitrogens with two attached hydrogens (primary N) is 1. The third-order valence-electron chi connectivity index (χ3n) is 3.52. The van der Waals surface area contributed by atoms with Crippen molar-refractivity contribution in [3.63, 3.8) is 0 Å². The van der Waals surface area contributed by atoms with E-state index >= 15 is 0 Å². The highest BCUT2D eigenvalue weighted by Crippen LogP contribution is 2.35. The summed E-state index contributed by atoms with van der Waals surface area (Å²) in [7, 11) is 0. The highest BCUT2D eigenvalue weighted by atomic mass is 19.4. The van der Waals surface area contributed by atoms with Crippen LogP contribution in [0.3, 0.4) is 0 Å². The average Bonchev–Trinajstić information content (AvgIpc) is 2.49. The molecule has 2 rings (SSSR count). The fourth-order valence-electron chi connectivity index (χ4n) is 2.30. The number of rotatable bonds is 5. The average molecular weight is 309 g/mol. The molecule has 0 aliphatic carbocycles. The van der Waals surface area contributed by atoms with Crippen LogP contribution in [-0.2, 0) is 6.18 Å². The zero-order valence-corrected chi connectivity index (χ0v) is 12.2. The third kappa shape index (κ3) is 3.80. The number of aryl methyl sites for hydroxylation is 1. The van der Waals surface area contributed by atoms with E-state index in [-0.39, 0.29) is 18.7 Å². The van der Waals surface area contributed by atoms with Crippen molar-refractivity contribution in [3.8, 4) is 5.75 Å². The number of alkyl halides is 3. The van der Waals surface area contributed by atoms with Crippen LogP contribution in [0.25, 0.3) is 0 Å². The lowest BCUT2D eigenvalue weighted by Crippen LogP contribution is -2.23. The summed E-state index contributed by atoms with van der Waals surface area (Å²) in [5.74, 6) is 0.142. The first-order valence-corrected chi connectivity index (χ1v) is 6.98. The van der Waals surface area contributed by atoms with Crippen molar-refractivity contribution in [2.75, 3.05) is 13.2 Å². The molecule has 2 aromatic rings. The van der Waals surface area contributed by atoms with E-state index in [1.165, 1.54) is 12.1 Å². The molecule has 0 aromatic heterocycles. The standard InChI is InChI=1S/C17H18F3NO/c1-12-6-2-5-9-16(12)22-11-13(10-21)14-7-3-4-8-15(14)17(18,19)20/h2-9,13H,10-11,21H2,1H3. The van der Waals surface area contributed by atoms with E-state index in [4.69, 9.17) is 10.5 Å². The molecular formula is C17H18F3NO. The van der Waals surface area contributed by atoms with Gasteiger partial charge in [-0.05, 0) is 30.2 Å². The monoisotopic (exact) mass is 309 g/mol. The van der Waals surface area contributed by atoms with Crippen LogP contribution in [0.4, 0.5) is 13.2 Å². The minimum atomic E-state index is -4.40. The van der Waals surface area contributed by atoms with Crippen LogP contribution < -0.4 is 10.5 Å². The van der Waals surface area contributed by atoms with Gasteiger partial charge < -0.3 is 10.5 Å². The SMILES string of the molecule is Cc1ccccc1OCC(CN)c1ccccc1C(F)(F)F. The van der Waals surface area contributed by atoms with E-state index in [2.05, 4.69) is 0 Å². The topological polar surface area (TPSA) is 35.2 Å². The van der Waals surface area contributed by atoms with Crippen molar-refractivity contribution in [2.45, 2.75) is 19.0 Å². The Morgan fingerprint density at radius 2 is 1.68 bits per heavy atom. The normalized spacial score (nSPS) is 13.0. The maximum absolute atomic E-state index is 13.1. The Bertz CT molecular complexity index is 625. The van der Waals surface area contributed by atoms with Crippen LogP contribution >= 0.6 is 0 Å². The molecule has 2 aromatic carbocycles. The molecule has 0 amide bonds. The lowest BCUT2D eigenvalue weighted by atomic mass is 9.94. The van der Waals surface area contributed by atoms with Crippen LogP contribution in [0.5, 0.6) is 5.75 Å². The van der Waals surface area contributed by atoms with Crippen molar-refractivity contribution in [2.24, 2.45) is 5.73 Å². The van der Waals surface area contributed by atoms with Gasteiger partial charge in [0.1, 0.15) is 5.75 Å². The summed E-state index contributed by atoms with van der Waals surface area (Å²) >= 11 is 0. The fraction of sp³-hybridized carbons (Fsp3) is 0.294. The van der Waals surface area contributed by atoms with Crippen LogP contribution in [-0.4, -0.2) is 13.2 Å². The predicted octanol–water partition coefficient (Wildman–Crippen LogP) is 4.14. The molecule has 22 heavy (non-hydrogen) atoms. The van der Waals surface area contributed by atoms with E-state index in [1.807, 2.05) is 25.1 Å². The van der Waals surface area contributed by atoms with Gasteiger partial charge in [0.05, 0.1) is 12.2 Å². The molecule has 0 bridgehead atoms. The zero-order chi connectivity index (χ0) is 16.2. The molecule has 0 aliphatic heterocycles. The lowest BCUT2D eigenvalue weighted by Gasteiger charge is -2.21. The molecule has 0 fully saturated rings. The van der Waals surface area contributed by atoms with Crippen LogP contribution in [0.2, 0.25) is 0 Å². The van der Waals surface area contributed by atoms with Gasteiger partial charge in [-0.25, -0.2) is 0 Å². The molecule has 1 atom stereocenters. The van der Waals surface area contributed by atoms with Crippen molar-refractivity contribution in [1.82, 2.24) is 0 Å². The Balaban J connectivity index is 2.21. The van der Waals surface area contributed by atoms with Gasteiger partial charge in [0.25, 0.3) is 0 Å². The first-order valence-electron chi connectivity index (χ1n) is 6.98. The Labute approximate surface area is 127 Å². The van der Waals surface area contributed by atoms with Gasteiger partial charge in [-0.15, -0.1) is 0 Å². The summed E-state index contributed by atoms with van der Waals surface area (Å²) in [5, 5.41) is 0. The minimum Gasteiger partial charge on any atom is -0.493 e. The maximum Gasteiger partial charge on any atom is 0.416 e. The second-order valence-corrected chi connectivity index (χ2v) is 5.09. The van der Waals surface area contributed by atoms with Gasteiger partial charge in [-0.1, -0.05) is 36.4 Å². The Kier molecular flexibility index (Phi) is 5.08. The number of hydrogen-bond donors (Lipinski definition) is 1. The van der Waals surface area contributed by atoms with Crippen molar-refractivity contribution in [1.29, 1.82) is 0 Å². The number of halogens is 3. The van der Waals surface area contributed by atoms with Crippen LogP contribution in [0.15, 0.2) is 48.5 Å². The van der Waals surface area contributed by atoms with Gasteiger partial charge in [0, 0.05) is 12.5 Å². The summed E-state index contributed by atoms with van der Waals surface area (Å²) in [5.41, 5.74) is 6.12. The highest BCUT2D eigenvalue weighted by molar-refractivity contribution is 5.34. The summed E-state index contributed by atoms with van der Waals surface area (Å²) in [6.07, 6.45) is -4.40. The molecule has 0 saturated carbocycles. The Morgan fingerprint density at radius 3 is 2.32 bits per heavy atom. The number of ether oxygens (including phenoxy) is 1. The minimum absolute atomic E-state index is 0.0823. The van der Waals surface area contributed by atoms with E-state index in [1.54, 1.807) is 12.1 Å². The lowest BCUT2D eigenvalue weighted by molar-refractivity contribution is -0.138. The third-order valence-corrected chi connectivity index (χ3v) is 3.52. The highest BCUT2D eigenvalue weighted by Gasteiger charge is 2.34. The predicted molar refractivity (Wildman–Crippen MR) is 79.9 cm³/mol. The Morgan fingerprint density at radius 1 is 1.05 bits per heavy atom. The quantitative estimate of drug-likeness (QED) is 0.901. The molecular weight excluding hydrogens is 291 g/mol. The van der Waals surface area contributed by atoms with E-state index in [9.17, 15) is 13.2 Å². The molecule has 118 valence electrons. The fourth-order valence-corrected chi connectivity index (χ4v) is 2.30. The molecule has 1 unspecified atom stereocenters. The summed E-state index contributed by atoms with van der Waals surface area (Å²) in [6, 6.07) is 12.9. The van der Waals surface area contributed by atoms with E-state index < -0.39 is 17.7 Å². The smallest absolute Gasteiger partial charge is 0.416 e. The number of benzene rings is 2. The van der Waals surface area contributed by atoms with Crippen LogP contribution in [0.1, 0.15) is 22.6 Å². The van der Waals surface area contributed by atoms with Crippen molar-refractivity contribution >= 4 is 0 Å². The second-order valence-electron chi connectivity index (χ2n) is 5.09. The van der Waals surface area contributed by atoms with Crippen LogP contribution in [0, 0.1) is 6.92 Å². The van der Waals surface area contributed by atoms with E-state index in [0.29, 0.717) is 5.75 Å². The molecule has 5 heteroatoms. The Hall–Kier alpha value is -2.01. The zero-order valence-electron chi connectivity index (χ0n) is 12.2. The van der Waals surface area contributed by atoms with Gasteiger partial charge in [0.15, 0.2) is 0 Å². The molecule has 0 radical (unpaired) electrons. The molecule has 2 N–H and O–H groups in total. The first-order chi connectivity index (χ1) is 10.4. The molecule has 0 saturated heterocycles. The van der Waals surface area contributed by atoms with Gasteiger partial charge in [0.2, 0.25) is 0 Å². The van der Waals surface area contributed by atoms with Crippen molar-refractivity contribution in [3.05, 3.63) is 65.2 Å². The summed E-state index contributed by atoms with van der Waals surface area (Å²) in [6.45, 7) is 2.07.